The van der Waals surface area contributed by atoms with E-state index < -0.39 is 0 Å². The zero-order valence-corrected chi connectivity index (χ0v) is 9.04. The second-order valence-electron chi connectivity index (χ2n) is 1.68. The first-order chi connectivity index (χ1) is 3.27. The van der Waals surface area contributed by atoms with Crippen LogP contribution in [0.3, 0.4) is 0 Å². The van der Waals surface area contributed by atoms with Crippen molar-refractivity contribution < 1.29 is 21.1 Å². The van der Waals surface area contributed by atoms with E-state index in [1.807, 2.05) is 0 Å². The molecule has 0 aliphatic carbocycles. The maximum Gasteiger partial charge on any atom is 2.00 e. The molecule has 0 aromatic heterocycles. The second kappa shape index (κ2) is 15.6. The van der Waals surface area contributed by atoms with Gasteiger partial charge in [-0.15, -0.1) is 0 Å². The van der Waals surface area contributed by atoms with Crippen LogP contribution in [0.4, 0.5) is 0 Å². The molecule has 0 heterocycles. The van der Waals surface area contributed by atoms with Gasteiger partial charge in [0.15, 0.2) is 0 Å². The van der Waals surface area contributed by atoms with Crippen LogP contribution in [-0.2, 0) is 21.1 Å². The van der Waals surface area contributed by atoms with Gasteiger partial charge in [-0.2, -0.15) is 13.3 Å². The zero-order chi connectivity index (χ0) is 6.28. The molecule has 8 heavy (non-hydrogen) atoms. The third-order valence-corrected chi connectivity index (χ3v) is 0.577. The first kappa shape index (κ1) is 15.9. The average Bonchev–Trinajstić information content (AvgIpc) is 1.73. The third-order valence-electron chi connectivity index (χ3n) is 0.577. The molecule has 0 saturated carbocycles. The van der Waals surface area contributed by atoms with Crippen molar-refractivity contribution >= 4 is 0 Å². The van der Waals surface area contributed by atoms with E-state index in [4.69, 9.17) is 0 Å². The van der Waals surface area contributed by atoms with Gasteiger partial charge in [0, 0.05) is 0 Å². The summed E-state index contributed by atoms with van der Waals surface area (Å²) in [6.07, 6.45) is 1.06. The molecule has 0 unspecified atom stereocenters. The summed E-state index contributed by atoms with van der Waals surface area (Å²) < 4.78 is 0. The summed E-state index contributed by atoms with van der Waals surface area (Å²) in [6.45, 7) is 13.0. The molecule has 0 aliphatic rings. The zero-order valence-electron chi connectivity index (χ0n) is 6.11. The van der Waals surface area contributed by atoms with Crippen LogP contribution in [-0.4, -0.2) is 0 Å². The molecule has 0 atom stereocenters. The van der Waals surface area contributed by atoms with E-state index in [9.17, 15) is 0 Å². The van der Waals surface area contributed by atoms with E-state index >= 15 is 0 Å². The third kappa shape index (κ3) is 29.9. The van der Waals surface area contributed by atoms with E-state index in [0.29, 0.717) is 0 Å². The Kier molecular flexibility index (Phi) is 31.0. The molecular formula is C7H16W. The minimum atomic E-state index is 0. The number of hydrogen-bond acceptors (Lipinski definition) is 0. The van der Waals surface area contributed by atoms with Gasteiger partial charge in [0.2, 0.25) is 0 Å². The predicted molar refractivity (Wildman–Crippen MR) is 35.8 cm³/mol. The van der Waals surface area contributed by atoms with Crippen LogP contribution < -0.4 is 0 Å². The molecule has 0 N–H and O–H groups in total. The molecule has 0 aromatic rings. The Hall–Kier alpha value is 0.688. The van der Waals surface area contributed by atoms with Gasteiger partial charge in [-0.1, -0.05) is 19.8 Å². The fourth-order valence-electron chi connectivity index (χ4n) is 0. The van der Waals surface area contributed by atoms with Gasteiger partial charge in [-0.05, 0) is 0 Å². The SMILES string of the molecule is [CH2-]C.[CH2-]CC(C)C.[W+2]. The fourth-order valence-corrected chi connectivity index (χ4v) is 0. The van der Waals surface area contributed by atoms with Gasteiger partial charge in [-0.25, -0.2) is 0 Å². The molecule has 0 radical (unpaired) electrons. The molecule has 0 aliphatic heterocycles. The smallest absolute Gasteiger partial charge is 0.346 e. The number of hydrogen-bond donors (Lipinski definition) is 0. The summed E-state index contributed by atoms with van der Waals surface area (Å²) in [5.74, 6) is 0.773. The van der Waals surface area contributed by atoms with E-state index in [1.54, 1.807) is 6.92 Å². The van der Waals surface area contributed by atoms with Crippen molar-refractivity contribution in [1.29, 1.82) is 0 Å². The van der Waals surface area contributed by atoms with Gasteiger partial charge in [0.25, 0.3) is 0 Å². The molecule has 1 heteroatoms. The molecule has 50 valence electrons. The quantitative estimate of drug-likeness (QED) is 0.649. The summed E-state index contributed by atoms with van der Waals surface area (Å²) in [6, 6.07) is 0. The first-order valence-electron chi connectivity index (χ1n) is 2.77. The van der Waals surface area contributed by atoms with E-state index in [-0.39, 0.29) is 21.1 Å². The van der Waals surface area contributed by atoms with Crippen molar-refractivity contribution in [2.24, 2.45) is 5.92 Å². The Balaban J connectivity index is -0.0000000750. The fraction of sp³-hybridized carbons (Fsp3) is 0.714. The molecular weight excluding hydrogens is 268 g/mol. The van der Waals surface area contributed by atoms with Crippen LogP contribution >= 0.6 is 0 Å². The van der Waals surface area contributed by atoms with Crippen molar-refractivity contribution in [1.82, 2.24) is 0 Å². The molecule has 0 rings (SSSR count). The Bertz CT molecular complexity index is 18.3. The van der Waals surface area contributed by atoms with Crippen molar-refractivity contribution in [3.8, 4) is 0 Å². The number of rotatable bonds is 1. The van der Waals surface area contributed by atoms with Gasteiger partial charge >= 0.3 is 21.1 Å². The van der Waals surface area contributed by atoms with Gasteiger partial charge in [0.1, 0.15) is 0 Å². The van der Waals surface area contributed by atoms with Crippen molar-refractivity contribution in [2.45, 2.75) is 27.2 Å². The molecule has 0 spiro atoms. The maximum absolute atomic E-state index is 3.69. The monoisotopic (exact) mass is 284 g/mol. The second-order valence-corrected chi connectivity index (χ2v) is 1.68. The van der Waals surface area contributed by atoms with Crippen molar-refractivity contribution in [3.05, 3.63) is 13.8 Å². The standard InChI is InChI=1S/C5H11.C2H5.W/c1-4-5(2)3;1-2;/h5H,1,4H2,2-3H3;1H2,2H3;/q2*-1;+2. The Morgan fingerprint density at radius 2 is 1.38 bits per heavy atom. The molecule has 0 bridgehead atoms. The molecule has 0 nitrogen and oxygen atoms in total. The van der Waals surface area contributed by atoms with Gasteiger partial charge < -0.3 is 13.8 Å². The van der Waals surface area contributed by atoms with Crippen LogP contribution in [0.1, 0.15) is 27.2 Å². The van der Waals surface area contributed by atoms with Crippen LogP contribution in [0.25, 0.3) is 0 Å². The summed E-state index contributed by atoms with van der Waals surface area (Å²) in [5.41, 5.74) is 0. The van der Waals surface area contributed by atoms with E-state index in [1.165, 1.54) is 0 Å². The van der Waals surface area contributed by atoms with Crippen molar-refractivity contribution in [3.63, 3.8) is 0 Å². The molecule has 0 saturated heterocycles. The Morgan fingerprint density at radius 3 is 1.38 bits per heavy atom. The minimum absolute atomic E-state index is 0. The summed E-state index contributed by atoms with van der Waals surface area (Å²) in [4.78, 5) is 0. The molecule has 0 aromatic carbocycles. The Morgan fingerprint density at radius 1 is 1.25 bits per heavy atom. The van der Waals surface area contributed by atoms with E-state index in [0.717, 1.165) is 12.3 Å². The predicted octanol–water partition coefficient (Wildman–Crippen LogP) is 2.70. The maximum atomic E-state index is 3.69. The summed E-state index contributed by atoms with van der Waals surface area (Å²) >= 11 is 0. The van der Waals surface area contributed by atoms with Crippen LogP contribution in [0.15, 0.2) is 0 Å². The van der Waals surface area contributed by atoms with Gasteiger partial charge in [-0.3, -0.25) is 0 Å². The topological polar surface area (TPSA) is 0 Å². The van der Waals surface area contributed by atoms with Crippen LogP contribution in [0.2, 0.25) is 0 Å². The Labute approximate surface area is 68.3 Å². The van der Waals surface area contributed by atoms with E-state index in [2.05, 4.69) is 27.7 Å². The molecule has 0 amide bonds. The van der Waals surface area contributed by atoms with Crippen molar-refractivity contribution in [2.75, 3.05) is 0 Å². The summed E-state index contributed by atoms with van der Waals surface area (Å²) in [7, 11) is 0. The largest absolute Gasteiger partial charge is 2.00 e. The van der Waals surface area contributed by atoms with Gasteiger partial charge in [0.05, 0.1) is 0 Å². The first-order valence-corrected chi connectivity index (χ1v) is 2.77. The normalized spacial score (nSPS) is 6.75. The molecule has 0 fully saturated rings. The van der Waals surface area contributed by atoms with Crippen LogP contribution in [0, 0.1) is 19.8 Å². The minimum Gasteiger partial charge on any atom is -0.346 e. The summed E-state index contributed by atoms with van der Waals surface area (Å²) in [5, 5.41) is 0. The average molecular weight is 284 g/mol. The van der Waals surface area contributed by atoms with Crippen LogP contribution in [0.5, 0.6) is 0 Å².